The first kappa shape index (κ1) is 20.1. The quantitative estimate of drug-likeness (QED) is 0.636. The summed E-state index contributed by atoms with van der Waals surface area (Å²) in [5, 5.41) is 11.6. The van der Waals surface area contributed by atoms with Crippen molar-refractivity contribution in [1.82, 2.24) is 14.8 Å². The van der Waals surface area contributed by atoms with Crippen LogP contribution in [0.4, 0.5) is 10.1 Å². The molecule has 0 aliphatic carbocycles. The van der Waals surface area contributed by atoms with E-state index >= 15 is 0 Å². The minimum Gasteiger partial charge on any atom is -0.323 e. The maximum atomic E-state index is 13.6. The van der Waals surface area contributed by atoms with Gasteiger partial charge in [0.1, 0.15) is 5.82 Å². The first-order chi connectivity index (χ1) is 13.3. The lowest BCUT2D eigenvalue weighted by atomic mass is 9.87. The third kappa shape index (κ3) is 4.59. The highest BCUT2D eigenvalue weighted by molar-refractivity contribution is 7.99. The standard InChI is InChI=1S/C21H23FN4OS/c1-21(2,3)15-11-9-14(10-12-15)19-24-25-20(26(19)4)28-13-18(27)23-17-8-6-5-7-16(17)22/h5-12H,13H2,1-4H3,(H,23,27). The zero-order chi connectivity index (χ0) is 20.3. The van der Waals surface area contributed by atoms with Gasteiger partial charge in [0.05, 0.1) is 11.4 Å². The topological polar surface area (TPSA) is 59.8 Å². The molecular formula is C21H23FN4OS. The van der Waals surface area contributed by atoms with E-state index in [1.807, 2.05) is 23.7 Å². The van der Waals surface area contributed by atoms with E-state index in [1.165, 1.54) is 29.5 Å². The largest absolute Gasteiger partial charge is 0.323 e. The van der Waals surface area contributed by atoms with Gasteiger partial charge in [0.25, 0.3) is 0 Å². The first-order valence-corrected chi connectivity index (χ1v) is 9.92. The highest BCUT2D eigenvalue weighted by Gasteiger charge is 2.16. The summed E-state index contributed by atoms with van der Waals surface area (Å²) in [6.07, 6.45) is 0. The second kappa shape index (κ2) is 8.14. The third-order valence-corrected chi connectivity index (χ3v) is 5.34. The van der Waals surface area contributed by atoms with Crippen molar-refractivity contribution in [3.8, 4) is 11.4 Å². The van der Waals surface area contributed by atoms with Crippen LogP contribution >= 0.6 is 11.8 Å². The second-order valence-corrected chi connectivity index (χ2v) is 8.45. The van der Waals surface area contributed by atoms with Crippen LogP contribution in [0.1, 0.15) is 26.3 Å². The van der Waals surface area contributed by atoms with Gasteiger partial charge in [-0.25, -0.2) is 4.39 Å². The third-order valence-electron chi connectivity index (χ3n) is 4.32. The molecule has 0 saturated carbocycles. The minimum atomic E-state index is -0.458. The van der Waals surface area contributed by atoms with Crippen molar-refractivity contribution in [3.63, 3.8) is 0 Å². The maximum absolute atomic E-state index is 13.6. The van der Waals surface area contributed by atoms with Gasteiger partial charge in [0.15, 0.2) is 11.0 Å². The molecule has 3 aromatic rings. The van der Waals surface area contributed by atoms with Crippen molar-refractivity contribution in [2.24, 2.45) is 7.05 Å². The number of amides is 1. The molecule has 0 saturated heterocycles. The fraction of sp³-hybridized carbons (Fsp3) is 0.286. The number of anilines is 1. The number of carbonyl (C=O) groups is 1. The molecule has 1 N–H and O–H groups in total. The summed E-state index contributed by atoms with van der Waals surface area (Å²) in [5.74, 6) is 0.0932. The summed E-state index contributed by atoms with van der Waals surface area (Å²) in [5.41, 5.74) is 2.47. The lowest BCUT2D eigenvalue weighted by molar-refractivity contribution is -0.113. The van der Waals surface area contributed by atoms with Gasteiger partial charge in [0.2, 0.25) is 5.91 Å². The molecule has 0 fully saturated rings. The van der Waals surface area contributed by atoms with E-state index in [0.29, 0.717) is 5.16 Å². The molecule has 3 rings (SSSR count). The fourth-order valence-electron chi connectivity index (χ4n) is 2.69. The van der Waals surface area contributed by atoms with Crippen molar-refractivity contribution in [1.29, 1.82) is 0 Å². The number of thioether (sulfide) groups is 1. The van der Waals surface area contributed by atoms with Gasteiger partial charge in [-0.15, -0.1) is 10.2 Å². The Morgan fingerprint density at radius 3 is 2.43 bits per heavy atom. The molecule has 1 heterocycles. The average Bonchev–Trinajstić information content (AvgIpc) is 3.02. The van der Waals surface area contributed by atoms with Gasteiger partial charge in [0, 0.05) is 12.6 Å². The zero-order valence-corrected chi connectivity index (χ0v) is 17.2. The highest BCUT2D eigenvalue weighted by atomic mass is 32.2. The molecule has 146 valence electrons. The van der Waals surface area contributed by atoms with Crippen molar-refractivity contribution in [2.45, 2.75) is 31.3 Å². The molecule has 7 heteroatoms. The maximum Gasteiger partial charge on any atom is 0.234 e. The Balaban J connectivity index is 1.66. The zero-order valence-electron chi connectivity index (χ0n) is 16.4. The lowest BCUT2D eigenvalue weighted by Crippen LogP contribution is -2.15. The molecule has 0 radical (unpaired) electrons. The van der Waals surface area contributed by atoms with Gasteiger partial charge in [-0.2, -0.15) is 0 Å². The Morgan fingerprint density at radius 2 is 1.79 bits per heavy atom. The predicted molar refractivity (Wildman–Crippen MR) is 111 cm³/mol. The molecule has 5 nitrogen and oxygen atoms in total. The molecule has 0 unspecified atom stereocenters. The van der Waals surface area contributed by atoms with Gasteiger partial charge < -0.3 is 9.88 Å². The van der Waals surface area contributed by atoms with Crippen LogP contribution in [-0.4, -0.2) is 26.4 Å². The van der Waals surface area contributed by atoms with E-state index < -0.39 is 5.82 Å². The van der Waals surface area contributed by atoms with Crippen LogP contribution in [0.3, 0.4) is 0 Å². The fourth-order valence-corrected chi connectivity index (χ4v) is 3.40. The smallest absolute Gasteiger partial charge is 0.234 e. The Labute approximate surface area is 168 Å². The molecule has 0 spiro atoms. The summed E-state index contributed by atoms with van der Waals surface area (Å²) in [4.78, 5) is 12.1. The Kier molecular flexibility index (Phi) is 5.84. The summed E-state index contributed by atoms with van der Waals surface area (Å²) in [6, 6.07) is 14.3. The normalized spacial score (nSPS) is 11.5. The molecule has 0 aliphatic heterocycles. The molecule has 2 aromatic carbocycles. The van der Waals surface area contributed by atoms with Crippen LogP contribution in [0.25, 0.3) is 11.4 Å². The first-order valence-electron chi connectivity index (χ1n) is 8.93. The summed E-state index contributed by atoms with van der Waals surface area (Å²) < 4.78 is 15.5. The van der Waals surface area contributed by atoms with Crippen molar-refractivity contribution in [2.75, 3.05) is 11.1 Å². The highest BCUT2D eigenvalue weighted by Crippen LogP contribution is 2.27. The number of carbonyl (C=O) groups excluding carboxylic acids is 1. The number of nitrogens with zero attached hydrogens (tertiary/aromatic N) is 3. The van der Waals surface area contributed by atoms with Crippen LogP contribution in [0.2, 0.25) is 0 Å². The SMILES string of the molecule is Cn1c(SCC(=O)Nc2ccccc2F)nnc1-c1ccc(C(C)(C)C)cc1. The average molecular weight is 399 g/mol. The Morgan fingerprint density at radius 1 is 1.11 bits per heavy atom. The van der Waals surface area contributed by atoms with Gasteiger partial charge in [-0.05, 0) is 23.1 Å². The number of rotatable bonds is 5. The summed E-state index contributed by atoms with van der Waals surface area (Å²) >= 11 is 1.26. The molecular weight excluding hydrogens is 375 g/mol. The van der Waals surface area contributed by atoms with Crippen LogP contribution in [0.5, 0.6) is 0 Å². The van der Waals surface area contributed by atoms with Crippen molar-refractivity contribution >= 4 is 23.4 Å². The minimum absolute atomic E-state index is 0.0883. The number of hydrogen-bond acceptors (Lipinski definition) is 4. The molecule has 0 atom stereocenters. The predicted octanol–water partition coefficient (Wildman–Crippen LogP) is 4.65. The molecule has 1 amide bonds. The van der Waals surface area contributed by atoms with E-state index in [-0.39, 0.29) is 22.8 Å². The molecule has 28 heavy (non-hydrogen) atoms. The van der Waals surface area contributed by atoms with Gasteiger partial charge in [-0.1, -0.05) is 68.9 Å². The number of benzene rings is 2. The van der Waals surface area contributed by atoms with E-state index in [1.54, 1.807) is 12.1 Å². The Hall–Kier alpha value is -2.67. The molecule has 0 aliphatic rings. The monoisotopic (exact) mass is 398 g/mol. The Bertz CT molecular complexity index is 977. The van der Waals surface area contributed by atoms with E-state index in [2.05, 4.69) is 48.4 Å². The molecule has 1 aromatic heterocycles. The van der Waals surface area contributed by atoms with Crippen LogP contribution in [0, 0.1) is 5.82 Å². The number of hydrogen-bond donors (Lipinski definition) is 1. The van der Waals surface area contributed by atoms with E-state index in [4.69, 9.17) is 0 Å². The number of halogens is 1. The summed E-state index contributed by atoms with van der Waals surface area (Å²) in [6.45, 7) is 6.52. The summed E-state index contributed by atoms with van der Waals surface area (Å²) in [7, 11) is 1.87. The lowest BCUT2D eigenvalue weighted by Gasteiger charge is -2.19. The van der Waals surface area contributed by atoms with Gasteiger partial charge in [-0.3, -0.25) is 4.79 Å². The van der Waals surface area contributed by atoms with Crippen molar-refractivity contribution in [3.05, 3.63) is 59.9 Å². The van der Waals surface area contributed by atoms with Crippen LogP contribution in [-0.2, 0) is 17.3 Å². The second-order valence-electron chi connectivity index (χ2n) is 7.51. The van der Waals surface area contributed by atoms with Crippen molar-refractivity contribution < 1.29 is 9.18 Å². The van der Waals surface area contributed by atoms with E-state index in [9.17, 15) is 9.18 Å². The van der Waals surface area contributed by atoms with Gasteiger partial charge >= 0.3 is 0 Å². The number of nitrogens with one attached hydrogen (secondary N) is 1. The van der Waals surface area contributed by atoms with Crippen LogP contribution in [0.15, 0.2) is 53.7 Å². The number of aromatic nitrogens is 3. The van der Waals surface area contributed by atoms with Crippen LogP contribution < -0.4 is 5.32 Å². The number of para-hydroxylation sites is 1. The molecule has 0 bridgehead atoms. The van der Waals surface area contributed by atoms with E-state index in [0.717, 1.165) is 11.4 Å².